The number of aliphatic hydroxyl groups is 4. The van der Waals surface area contributed by atoms with Gasteiger partial charge in [-0.1, -0.05) is 20.3 Å². The zero-order valence-electron chi connectivity index (χ0n) is 11.1. The van der Waals surface area contributed by atoms with Gasteiger partial charge in [0.15, 0.2) is 0 Å². The summed E-state index contributed by atoms with van der Waals surface area (Å²) in [7, 11) is 0. The zero-order valence-corrected chi connectivity index (χ0v) is 11.1. The molecule has 0 fully saturated rings. The Morgan fingerprint density at radius 1 is 0.941 bits per heavy atom. The van der Waals surface area contributed by atoms with E-state index in [0.717, 1.165) is 6.42 Å². The third-order valence-electron chi connectivity index (χ3n) is 3.73. The molecule has 0 aromatic carbocycles. The Labute approximate surface area is 104 Å². The summed E-state index contributed by atoms with van der Waals surface area (Å²) in [6.45, 7) is 3.76. The van der Waals surface area contributed by atoms with Crippen LogP contribution < -0.4 is 0 Å². The maximum Gasteiger partial charge on any atom is 0.0643 e. The normalized spacial score (nSPS) is 18.7. The van der Waals surface area contributed by atoms with Crippen molar-refractivity contribution in [2.75, 3.05) is 13.2 Å². The molecule has 0 aromatic heterocycles. The Morgan fingerprint density at radius 2 is 1.53 bits per heavy atom. The molecule has 0 bridgehead atoms. The van der Waals surface area contributed by atoms with Gasteiger partial charge in [0.1, 0.15) is 0 Å². The Hall–Kier alpha value is -0.160. The second-order valence-corrected chi connectivity index (χ2v) is 4.78. The maximum absolute atomic E-state index is 10.2. The summed E-state index contributed by atoms with van der Waals surface area (Å²) in [5, 5.41) is 38.5. The lowest BCUT2D eigenvalue weighted by Gasteiger charge is -2.40. The van der Waals surface area contributed by atoms with Crippen molar-refractivity contribution in [2.24, 2.45) is 5.41 Å². The van der Waals surface area contributed by atoms with Gasteiger partial charge in [0.05, 0.1) is 18.8 Å². The summed E-state index contributed by atoms with van der Waals surface area (Å²) in [4.78, 5) is 0. The zero-order chi connectivity index (χ0) is 13.3. The van der Waals surface area contributed by atoms with Crippen LogP contribution in [0.3, 0.4) is 0 Å². The molecule has 0 rings (SSSR count). The van der Waals surface area contributed by atoms with Crippen LogP contribution >= 0.6 is 0 Å². The van der Waals surface area contributed by atoms with Gasteiger partial charge in [-0.2, -0.15) is 0 Å². The molecule has 0 radical (unpaired) electrons. The van der Waals surface area contributed by atoms with Crippen molar-refractivity contribution in [3.63, 3.8) is 0 Å². The van der Waals surface area contributed by atoms with E-state index in [0.29, 0.717) is 32.1 Å². The largest absolute Gasteiger partial charge is 0.396 e. The van der Waals surface area contributed by atoms with Crippen molar-refractivity contribution in [2.45, 2.75) is 64.6 Å². The van der Waals surface area contributed by atoms with Crippen molar-refractivity contribution in [1.29, 1.82) is 0 Å². The minimum absolute atomic E-state index is 0.114. The Morgan fingerprint density at radius 3 is 1.94 bits per heavy atom. The average molecular weight is 248 g/mol. The summed E-state index contributed by atoms with van der Waals surface area (Å²) in [6, 6.07) is 0. The molecule has 0 aliphatic rings. The molecule has 0 aromatic rings. The van der Waals surface area contributed by atoms with Crippen LogP contribution in [0.4, 0.5) is 0 Å². The summed E-state index contributed by atoms with van der Waals surface area (Å²) in [5.41, 5.74) is -0.814. The number of hydrogen-bond acceptors (Lipinski definition) is 4. The second-order valence-electron chi connectivity index (χ2n) is 4.78. The van der Waals surface area contributed by atoms with E-state index in [9.17, 15) is 15.3 Å². The van der Waals surface area contributed by atoms with Crippen LogP contribution in [-0.4, -0.2) is 45.8 Å². The van der Waals surface area contributed by atoms with E-state index in [1.54, 1.807) is 0 Å². The van der Waals surface area contributed by atoms with Crippen LogP contribution in [-0.2, 0) is 0 Å². The number of rotatable bonds is 10. The van der Waals surface area contributed by atoms with Crippen molar-refractivity contribution in [3.8, 4) is 0 Å². The first-order chi connectivity index (χ1) is 8.08. The van der Waals surface area contributed by atoms with Gasteiger partial charge in [-0.05, 0) is 32.1 Å². The van der Waals surface area contributed by atoms with E-state index >= 15 is 0 Å². The molecule has 4 nitrogen and oxygen atoms in total. The minimum atomic E-state index is -0.814. The number of hydrogen-bond donors (Lipinski definition) is 4. The van der Waals surface area contributed by atoms with Crippen LogP contribution in [0.1, 0.15) is 52.4 Å². The van der Waals surface area contributed by atoms with Crippen LogP contribution in [0.2, 0.25) is 0 Å². The van der Waals surface area contributed by atoms with Gasteiger partial charge in [-0.3, -0.25) is 0 Å². The highest BCUT2D eigenvalue weighted by Crippen LogP contribution is 2.35. The van der Waals surface area contributed by atoms with Gasteiger partial charge in [0, 0.05) is 12.0 Å². The molecule has 104 valence electrons. The molecule has 0 amide bonds. The van der Waals surface area contributed by atoms with E-state index in [4.69, 9.17) is 5.11 Å². The van der Waals surface area contributed by atoms with Gasteiger partial charge >= 0.3 is 0 Å². The molecular formula is C13H28O4. The second kappa shape index (κ2) is 8.86. The molecule has 0 saturated carbocycles. The van der Waals surface area contributed by atoms with Crippen LogP contribution in [0, 0.1) is 5.41 Å². The standard InChI is InChI=1S/C13H28O4/c1-3-7-11(16)13(4-2,10-15)12(17)8-5-6-9-14/h11-12,14-17H,3-10H2,1-2H3. The van der Waals surface area contributed by atoms with Gasteiger partial charge in [0.25, 0.3) is 0 Å². The lowest BCUT2D eigenvalue weighted by atomic mass is 9.72. The fraction of sp³-hybridized carbons (Fsp3) is 1.00. The highest BCUT2D eigenvalue weighted by atomic mass is 16.3. The fourth-order valence-electron chi connectivity index (χ4n) is 2.31. The third-order valence-corrected chi connectivity index (χ3v) is 3.73. The molecule has 3 unspecified atom stereocenters. The fourth-order valence-corrected chi connectivity index (χ4v) is 2.31. The predicted octanol–water partition coefficient (Wildman–Crippen LogP) is 1.06. The van der Waals surface area contributed by atoms with E-state index in [-0.39, 0.29) is 13.2 Å². The minimum Gasteiger partial charge on any atom is -0.396 e. The molecule has 0 aliphatic carbocycles. The van der Waals surface area contributed by atoms with Gasteiger partial charge in [0.2, 0.25) is 0 Å². The molecule has 17 heavy (non-hydrogen) atoms. The highest BCUT2D eigenvalue weighted by molar-refractivity contribution is 4.91. The quantitative estimate of drug-likeness (QED) is 0.436. The SMILES string of the molecule is CCCC(O)C(CC)(CO)C(O)CCCCO. The maximum atomic E-state index is 10.2. The Balaban J connectivity index is 4.55. The molecular weight excluding hydrogens is 220 g/mol. The lowest BCUT2D eigenvalue weighted by molar-refractivity contribution is -0.107. The molecule has 0 spiro atoms. The molecule has 4 N–H and O–H groups in total. The van der Waals surface area contributed by atoms with Gasteiger partial charge < -0.3 is 20.4 Å². The van der Waals surface area contributed by atoms with Crippen LogP contribution in [0.5, 0.6) is 0 Å². The summed E-state index contributed by atoms with van der Waals surface area (Å²) >= 11 is 0. The smallest absolute Gasteiger partial charge is 0.0643 e. The summed E-state index contributed by atoms with van der Waals surface area (Å²) in [6.07, 6.45) is 2.43. The van der Waals surface area contributed by atoms with Crippen LogP contribution in [0.15, 0.2) is 0 Å². The summed E-state index contributed by atoms with van der Waals surface area (Å²) < 4.78 is 0. The summed E-state index contributed by atoms with van der Waals surface area (Å²) in [5.74, 6) is 0. The van der Waals surface area contributed by atoms with E-state index in [2.05, 4.69) is 0 Å². The molecule has 0 heterocycles. The predicted molar refractivity (Wildman–Crippen MR) is 67.7 cm³/mol. The number of aliphatic hydroxyl groups excluding tert-OH is 4. The molecule has 0 aliphatic heterocycles. The number of unbranched alkanes of at least 4 members (excludes halogenated alkanes) is 1. The van der Waals surface area contributed by atoms with Crippen molar-refractivity contribution >= 4 is 0 Å². The topological polar surface area (TPSA) is 80.9 Å². The Bertz CT molecular complexity index is 180. The third kappa shape index (κ3) is 4.54. The van der Waals surface area contributed by atoms with E-state index in [1.165, 1.54) is 0 Å². The average Bonchev–Trinajstić information content (AvgIpc) is 2.32. The highest BCUT2D eigenvalue weighted by Gasteiger charge is 2.41. The first kappa shape index (κ1) is 16.8. The van der Waals surface area contributed by atoms with Gasteiger partial charge in [-0.25, -0.2) is 0 Å². The Kier molecular flexibility index (Phi) is 8.78. The van der Waals surface area contributed by atoms with E-state index in [1.807, 2.05) is 13.8 Å². The first-order valence-electron chi connectivity index (χ1n) is 6.66. The lowest BCUT2D eigenvalue weighted by Crippen LogP contribution is -2.48. The van der Waals surface area contributed by atoms with Crippen molar-refractivity contribution in [1.82, 2.24) is 0 Å². The van der Waals surface area contributed by atoms with Crippen LogP contribution in [0.25, 0.3) is 0 Å². The molecule has 0 saturated heterocycles. The molecule has 3 atom stereocenters. The van der Waals surface area contributed by atoms with Gasteiger partial charge in [-0.15, -0.1) is 0 Å². The van der Waals surface area contributed by atoms with Crippen molar-refractivity contribution < 1.29 is 20.4 Å². The van der Waals surface area contributed by atoms with Crippen molar-refractivity contribution in [3.05, 3.63) is 0 Å². The molecule has 4 heteroatoms. The first-order valence-corrected chi connectivity index (χ1v) is 6.66. The van der Waals surface area contributed by atoms with E-state index < -0.39 is 17.6 Å². The monoisotopic (exact) mass is 248 g/mol.